The summed E-state index contributed by atoms with van der Waals surface area (Å²) < 4.78 is 32.9. The van der Waals surface area contributed by atoms with E-state index in [-0.39, 0.29) is 29.5 Å². The van der Waals surface area contributed by atoms with Crippen molar-refractivity contribution in [2.75, 3.05) is 18.1 Å². The van der Waals surface area contributed by atoms with Crippen LogP contribution in [0.2, 0.25) is 18.1 Å². The number of ether oxygens (including phenoxy) is 4. The highest BCUT2D eigenvalue weighted by atomic mass is 127. The van der Waals surface area contributed by atoms with Gasteiger partial charge in [0.05, 0.1) is 37.6 Å². The SMILES string of the molecule is CO[C@H]1C[C@@H](CI)O[C@@]2(C1)C[C@@H](O[Si](C)(C)C(C)(C)C)C[C@H](COCc1ccccc1)O2. The van der Waals surface area contributed by atoms with Crippen molar-refractivity contribution in [3.63, 3.8) is 0 Å². The van der Waals surface area contributed by atoms with Crippen LogP contribution in [0.5, 0.6) is 0 Å². The molecule has 1 aromatic carbocycles. The molecule has 0 radical (unpaired) electrons. The van der Waals surface area contributed by atoms with E-state index in [2.05, 4.69) is 68.6 Å². The van der Waals surface area contributed by atoms with Gasteiger partial charge in [0.15, 0.2) is 14.1 Å². The molecule has 0 N–H and O–H groups in total. The van der Waals surface area contributed by atoms with E-state index in [0.717, 1.165) is 30.1 Å². The predicted molar refractivity (Wildman–Crippen MR) is 139 cm³/mol. The van der Waals surface area contributed by atoms with Gasteiger partial charge in [-0.25, -0.2) is 0 Å². The first-order valence-corrected chi connectivity index (χ1v) is 16.2. The minimum Gasteiger partial charge on any atom is -0.414 e. The van der Waals surface area contributed by atoms with Gasteiger partial charge in [0, 0.05) is 37.2 Å². The molecule has 2 aliphatic heterocycles. The number of rotatable bonds is 8. The lowest BCUT2D eigenvalue weighted by atomic mass is 9.90. The van der Waals surface area contributed by atoms with Gasteiger partial charge >= 0.3 is 0 Å². The smallest absolute Gasteiger partial charge is 0.192 e. The van der Waals surface area contributed by atoms with Crippen molar-refractivity contribution < 1.29 is 23.4 Å². The first-order chi connectivity index (χ1) is 15.1. The lowest BCUT2D eigenvalue weighted by molar-refractivity contribution is -0.339. The van der Waals surface area contributed by atoms with Crippen molar-refractivity contribution in [2.45, 2.75) is 101 Å². The number of hydrogen-bond donors (Lipinski definition) is 0. The molecule has 0 bridgehead atoms. The van der Waals surface area contributed by atoms with Crippen LogP contribution >= 0.6 is 22.6 Å². The Labute approximate surface area is 209 Å². The molecular weight excluding hydrogens is 535 g/mol. The standard InChI is InChI=1S/C25H41IO5Si/c1-24(2,3)32(5,6)31-21-13-23(18-28-17-19-10-8-7-9-11-19)30-25(15-21)14-20(27-4)12-22(16-26)29-25/h7-11,20-23H,12-18H2,1-6H3/t20-,21-,22-,23+,25+/m0/s1. The zero-order valence-electron chi connectivity index (χ0n) is 20.6. The summed E-state index contributed by atoms with van der Waals surface area (Å²) in [4.78, 5) is 0. The van der Waals surface area contributed by atoms with Gasteiger partial charge in [-0.2, -0.15) is 0 Å². The largest absolute Gasteiger partial charge is 0.414 e. The normalized spacial score (nSPS) is 31.7. The fraction of sp³-hybridized carbons (Fsp3) is 0.760. The summed E-state index contributed by atoms with van der Waals surface area (Å²) in [6, 6.07) is 10.3. The van der Waals surface area contributed by atoms with Crippen molar-refractivity contribution in [1.29, 1.82) is 0 Å². The molecule has 2 fully saturated rings. The number of methoxy groups -OCH3 is 1. The third-order valence-electron chi connectivity index (χ3n) is 7.08. The second kappa shape index (κ2) is 11.1. The van der Waals surface area contributed by atoms with E-state index in [1.807, 2.05) is 18.2 Å². The van der Waals surface area contributed by atoms with E-state index >= 15 is 0 Å². The van der Waals surface area contributed by atoms with Crippen LogP contribution in [0.4, 0.5) is 0 Å². The van der Waals surface area contributed by atoms with E-state index in [4.69, 9.17) is 23.4 Å². The molecular formula is C25H41IO5Si. The Morgan fingerprint density at radius 1 is 1.03 bits per heavy atom. The first-order valence-electron chi connectivity index (χ1n) is 11.8. The average Bonchev–Trinajstić information content (AvgIpc) is 2.72. The Hall–Kier alpha value is -0.0331. The predicted octanol–water partition coefficient (Wildman–Crippen LogP) is 6.10. The van der Waals surface area contributed by atoms with Crippen molar-refractivity contribution in [2.24, 2.45) is 0 Å². The summed E-state index contributed by atoms with van der Waals surface area (Å²) in [7, 11) is -0.129. The van der Waals surface area contributed by atoms with Crippen LogP contribution in [0.3, 0.4) is 0 Å². The first kappa shape index (κ1) is 26.6. The van der Waals surface area contributed by atoms with Crippen molar-refractivity contribution in [3.8, 4) is 0 Å². The van der Waals surface area contributed by atoms with Crippen LogP contribution in [-0.2, 0) is 30.0 Å². The third kappa shape index (κ3) is 6.99. The molecule has 0 saturated carbocycles. The minimum absolute atomic E-state index is 0.0623. The maximum Gasteiger partial charge on any atom is 0.192 e. The Morgan fingerprint density at radius 3 is 2.28 bits per heavy atom. The molecule has 3 rings (SSSR count). The second-order valence-electron chi connectivity index (χ2n) is 10.8. The van der Waals surface area contributed by atoms with Crippen LogP contribution in [0.1, 0.15) is 52.0 Å². The molecule has 5 nitrogen and oxygen atoms in total. The molecule has 1 spiro atoms. The Kier molecular flexibility index (Phi) is 9.25. The van der Waals surface area contributed by atoms with Gasteiger partial charge in [0.2, 0.25) is 0 Å². The van der Waals surface area contributed by atoms with Gasteiger partial charge in [-0.1, -0.05) is 73.7 Å². The van der Waals surface area contributed by atoms with Crippen molar-refractivity contribution in [1.82, 2.24) is 0 Å². The Morgan fingerprint density at radius 2 is 1.66 bits per heavy atom. The molecule has 7 heteroatoms. The molecule has 32 heavy (non-hydrogen) atoms. The molecule has 0 amide bonds. The minimum atomic E-state index is -1.92. The maximum absolute atomic E-state index is 6.88. The van der Waals surface area contributed by atoms with Gasteiger partial charge in [0.1, 0.15) is 0 Å². The molecule has 2 saturated heterocycles. The number of hydrogen-bond acceptors (Lipinski definition) is 5. The summed E-state index contributed by atoms with van der Waals surface area (Å²) in [5, 5.41) is 0.158. The van der Waals surface area contributed by atoms with E-state index in [0.29, 0.717) is 13.2 Å². The highest BCUT2D eigenvalue weighted by molar-refractivity contribution is 14.1. The lowest BCUT2D eigenvalue weighted by Crippen LogP contribution is -2.58. The average molecular weight is 577 g/mol. The van der Waals surface area contributed by atoms with E-state index in [1.54, 1.807) is 7.11 Å². The summed E-state index contributed by atoms with van der Waals surface area (Å²) in [6.45, 7) is 12.6. The summed E-state index contributed by atoms with van der Waals surface area (Å²) in [6.07, 6.45) is 3.54. The summed E-state index contributed by atoms with van der Waals surface area (Å²) in [5.74, 6) is -0.666. The molecule has 2 aliphatic rings. The van der Waals surface area contributed by atoms with Gasteiger partial charge in [-0.3, -0.25) is 0 Å². The van der Waals surface area contributed by atoms with Crippen LogP contribution in [0.15, 0.2) is 30.3 Å². The Balaban J connectivity index is 1.74. The fourth-order valence-corrected chi connectivity index (χ4v) is 6.30. The van der Waals surface area contributed by atoms with Crippen LogP contribution in [0.25, 0.3) is 0 Å². The van der Waals surface area contributed by atoms with E-state index in [1.165, 1.54) is 5.56 Å². The number of alkyl halides is 1. The molecule has 0 aliphatic carbocycles. The third-order valence-corrected chi connectivity index (χ3v) is 12.6. The van der Waals surface area contributed by atoms with Crippen LogP contribution < -0.4 is 0 Å². The second-order valence-corrected chi connectivity index (χ2v) is 16.4. The molecule has 2 heterocycles. The van der Waals surface area contributed by atoms with E-state index < -0.39 is 14.1 Å². The monoisotopic (exact) mass is 576 g/mol. The number of benzene rings is 1. The maximum atomic E-state index is 6.88. The van der Waals surface area contributed by atoms with E-state index in [9.17, 15) is 0 Å². The molecule has 0 aromatic heterocycles. The van der Waals surface area contributed by atoms with Crippen molar-refractivity contribution in [3.05, 3.63) is 35.9 Å². The van der Waals surface area contributed by atoms with Gasteiger partial charge in [-0.05, 0) is 23.7 Å². The topological polar surface area (TPSA) is 46.2 Å². The Bertz CT molecular complexity index is 696. The molecule has 182 valence electrons. The molecule has 0 unspecified atom stereocenters. The van der Waals surface area contributed by atoms with Crippen LogP contribution in [-0.4, -0.2) is 56.7 Å². The summed E-state index contributed by atoms with van der Waals surface area (Å²) in [5.41, 5.74) is 1.17. The van der Waals surface area contributed by atoms with Gasteiger partial charge < -0.3 is 23.4 Å². The van der Waals surface area contributed by atoms with Crippen LogP contribution in [0, 0.1) is 0 Å². The van der Waals surface area contributed by atoms with Gasteiger partial charge in [0.25, 0.3) is 0 Å². The highest BCUT2D eigenvalue weighted by Crippen LogP contribution is 2.44. The van der Waals surface area contributed by atoms with Crippen molar-refractivity contribution >= 4 is 30.9 Å². The number of halogens is 1. The highest BCUT2D eigenvalue weighted by Gasteiger charge is 2.51. The summed E-state index contributed by atoms with van der Waals surface area (Å²) >= 11 is 2.40. The zero-order chi connectivity index (χ0) is 23.4. The lowest BCUT2D eigenvalue weighted by Gasteiger charge is -2.51. The quantitative estimate of drug-likeness (QED) is 0.213. The molecule has 1 aromatic rings. The fourth-order valence-electron chi connectivity index (χ4n) is 4.40. The zero-order valence-corrected chi connectivity index (χ0v) is 23.7. The molecule has 5 atom stereocenters. The van der Waals surface area contributed by atoms with Gasteiger partial charge in [-0.15, -0.1) is 0 Å².